The molecular weight excluding hydrogens is 323 g/mol. The molecule has 1 heterocycles. The van der Waals surface area contributed by atoms with E-state index in [4.69, 9.17) is 9.47 Å². The number of nitrogens with one attached hydrogen (secondary N) is 1. The van der Waals surface area contributed by atoms with E-state index in [0.717, 1.165) is 25.1 Å². The van der Waals surface area contributed by atoms with Crippen LogP contribution in [0.15, 0.2) is 42.5 Å². The van der Waals surface area contributed by atoms with E-state index in [2.05, 4.69) is 5.32 Å². The number of methoxy groups -OCH3 is 2. The van der Waals surface area contributed by atoms with Crippen LogP contribution in [-0.4, -0.2) is 38.2 Å². The maximum atomic E-state index is 13.9. The second-order valence-electron chi connectivity index (χ2n) is 5.89. The largest absolute Gasteiger partial charge is 0.497 e. The fourth-order valence-corrected chi connectivity index (χ4v) is 2.83. The van der Waals surface area contributed by atoms with E-state index in [9.17, 15) is 9.18 Å². The number of urea groups is 1. The summed E-state index contributed by atoms with van der Waals surface area (Å²) in [4.78, 5) is 14.2. The third-order valence-corrected chi connectivity index (χ3v) is 4.34. The zero-order valence-electron chi connectivity index (χ0n) is 14.3. The van der Waals surface area contributed by atoms with E-state index in [1.165, 1.54) is 19.2 Å². The van der Waals surface area contributed by atoms with Crippen molar-refractivity contribution < 1.29 is 18.7 Å². The van der Waals surface area contributed by atoms with Gasteiger partial charge in [0, 0.05) is 18.7 Å². The van der Waals surface area contributed by atoms with E-state index in [1.807, 2.05) is 24.3 Å². The van der Waals surface area contributed by atoms with Gasteiger partial charge in [-0.25, -0.2) is 9.18 Å². The highest BCUT2D eigenvalue weighted by Gasteiger charge is 2.26. The van der Waals surface area contributed by atoms with Crippen molar-refractivity contribution >= 4 is 6.03 Å². The number of rotatable bonds is 5. The molecule has 0 radical (unpaired) electrons. The highest BCUT2D eigenvalue weighted by atomic mass is 19.1. The summed E-state index contributed by atoms with van der Waals surface area (Å²) in [6.07, 6.45) is 1.00. The molecule has 3 rings (SSSR count). The Morgan fingerprint density at radius 2 is 1.96 bits per heavy atom. The topological polar surface area (TPSA) is 50.8 Å². The van der Waals surface area contributed by atoms with Gasteiger partial charge in [0.05, 0.1) is 20.3 Å². The predicted octanol–water partition coefficient (Wildman–Crippen LogP) is 3.35. The molecule has 1 N–H and O–H groups in total. The standard InChI is InChI=1S/C19H21FN2O3/c1-24-15-6-3-5-13(11-15)18(21-19(23)22-9-4-10-22)16-12-14(20)7-8-17(16)25-2/h3,5-8,11-12,18H,4,9-10H2,1-2H3,(H,21,23). The number of hydrogen-bond acceptors (Lipinski definition) is 3. The molecule has 0 bridgehead atoms. The maximum Gasteiger partial charge on any atom is 0.318 e. The zero-order valence-corrected chi connectivity index (χ0v) is 14.3. The van der Waals surface area contributed by atoms with Gasteiger partial charge in [-0.15, -0.1) is 0 Å². The van der Waals surface area contributed by atoms with E-state index in [1.54, 1.807) is 18.1 Å². The van der Waals surface area contributed by atoms with Crippen molar-refractivity contribution in [2.24, 2.45) is 0 Å². The number of likely N-dealkylation sites (tertiary alicyclic amines) is 1. The van der Waals surface area contributed by atoms with Crippen molar-refractivity contribution in [3.8, 4) is 11.5 Å². The van der Waals surface area contributed by atoms with Gasteiger partial charge in [-0.3, -0.25) is 0 Å². The number of halogens is 1. The molecule has 0 saturated carbocycles. The number of nitrogens with zero attached hydrogens (tertiary/aromatic N) is 1. The smallest absolute Gasteiger partial charge is 0.318 e. The van der Waals surface area contributed by atoms with Gasteiger partial charge >= 0.3 is 6.03 Å². The van der Waals surface area contributed by atoms with Gasteiger partial charge < -0.3 is 19.7 Å². The van der Waals surface area contributed by atoms with Crippen LogP contribution in [0, 0.1) is 5.82 Å². The molecule has 0 aromatic heterocycles. The Hall–Kier alpha value is -2.76. The lowest BCUT2D eigenvalue weighted by molar-refractivity contribution is 0.165. The molecule has 1 aliphatic heterocycles. The summed E-state index contributed by atoms with van der Waals surface area (Å²) in [6, 6.07) is 10.9. The van der Waals surface area contributed by atoms with E-state index in [-0.39, 0.29) is 11.8 Å². The molecule has 0 spiro atoms. The van der Waals surface area contributed by atoms with E-state index < -0.39 is 6.04 Å². The SMILES string of the molecule is COc1cccc(C(NC(=O)N2CCC2)c2cc(F)ccc2OC)c1. The number of hydrogen-bond donors (Lipinski definition) is 1. The van der Waals surface area contributed by atoms with Gasteiger partial charge in [0.1, 0.15) is 17.3 Å². The average Bonchev–Trinajstić information content (AvgIpc) is 2.58. The third kappa shape index (κ3) is 3.68. The molecule has 1 aliphatic rings. The first-order chi connectivity index (χ1) is 12.1. The quantitative estimate of drug-likeness (QED) is 0.905. The fourth-order valence-electron chi connectivity index (χ4n) is 2.83. The van der Waals surface area contributed by atoms with E-state index >= 15 is 0 Å². The summed E-state index contributed by atoms with van der Waals surface area (Å²) in [5, 5.41) is 2.99. The molecule has 132 valence electrons. The van der Waals surface area contributed by atoms with Crippen LogP contribution < -0.4 is 14.8 Å². The number of carbonyl (C=O) groups excluding carboxylic acids is 1. The van der Waals surface area contributed by atoms with Gasteiger partial charge in [0.25, 0.3) is 0 Å². The van der Waals surface area contributed by atoms with Crippen LogP contribution in [0.4, 0.5) is 9.18 Å². The molecule has 1 fully saturated rings. The number of ether oxygens (including phenoxy) is 2. The van der Waals surface area contributed by atoms with Gasteiger partial charge in [-0.1, -0.05) is 12.1 Å². The van der Waals surface area contributed by atoms with Gasteiger partial charge in [-0.2, -0.15) is 0 Å². The lowest BCUT2D eigenvalue weighted by atomic mass is 9.97. The van der Waals surface area contributed by atoms with Crippen LogP contribution in [-0.2, 0) is 0 Å². The van der Waals surface area contributed by atoms with E-state index in [0.29, 0.717) is 17.1 Å². The fraction of sp³-hybridized carbons (Fsp3) is 0.316. The summed E-state index contributed by atoms with van der Waals surface area (Å²) in [5.41, 5.74) is 1.35. The Morgan fingerprint density at radius 3 is 2.60 bits per heavy atom. The molecule has 2 amide bonds. The van der Waals surface area contributed by atoms with Gasteiger partial charge in [0.15, 0.2) is 0 Å². The van der Waals surface area contributed by atoms with Crippen molar-refractivity contribution in [2.75, 3.05) is 27.3 Å². The molecule has 2 aromatic rings. The molecule has 1 atom stereocenters. The molecular formula is C19H21FN2O3. The van der Waals surface area contributed by atoms with Crippen LogP contribution in [0.2, 0.25) is 0 Å². The first-order valence-electron chi connectivity index (χ1n) is 8.15. The van der Waals surface area contributed by atoms with Crippen LogP contribution in [0.25, 0.3) is 0 Å². The summed E-state index contributed by atoms with van der Waals surface area (Å²) >= 11 is 0. The minimum atomic E-state index is -0.547. The average molecular weight is 344 g/mol. The summed E-state index contributed by atoms with van der Waals surface area (Å²) in [5.74, 6) is 0.788. The van der Waals surface area contributed by atoms with Crippen LogP contribution in [0.3, 0.4) is 0 Å². The van der Waals surface area contributed by atoms with Crippen molar-refractivity contribution in [1.29, 1.82) is 0 Å². The minimum absolute atomic E-state index is 0.176. The van der Waals surface area contributed by atoms with Crippen molar-refractivity contribution in [2.45, 2.75) is 12.5 Å². The predicted molar refractivity (Wildman–Crippen MR) is 92.5 cm³/mol. The Balaban J connectivity index is 2.01. The van der Waals surface area contributed by atoms with Crippen LogP contribution in [0.5, 0.6) is 11.5 Å². The lowest BCUT2D eigenvalue weighted by Crippen LogP contribution is -2.48. The molecule has 25 heavy (non-hydrogen) atoms. The zero-order chi connectivity index (χ0) is 17.8. The first kappa shape index (κ1) is 17.1. The van der Waals surface area contributed by atoms with Gasteiger partial charge in [0.2, 0.25) is 0 Å². The summed E-state index contributed by atoms with van der Waals surface area (Å²) < 4.78 is 24.5. The molecule has 5 nitrogen and oxygen atoms in total. The molecule has 1 saturated heterocycles. The second-order valence-corrected chi connectivity index (χ2v) is 5.89. The molecule has 1 unspecified atom stereocenters. The lowest BCUT2D eigenvalue weighted by Gasteiger charge is -2.33. The van der Waals surface area contributed by atoms with Crippen molar-refractivity contribution in [1.82, 2.24) is 10.2 Å². The Morgan fingerprint density at radius 1 is 1.16 bits per heavy atom. The highest BCUT2D eigenvalue weighted by Crippen LogP contribution is 2.32. The normalized spacial score (nSPS) is 14.4. The minimum Gasteiger partial charge on any atom is -0.497 e. The number of amides is 2. The van der Waals surface area contributed by atoms with Crippen molar-refractivity contribution in [3.63, 3.8) is 0 Å². The first-order valence-corrected chi connectivity index (χ1v) is 8.15. The van der Waals surface area contributed by atoms with Crippen LogP contribution >= 0.6 is 0 Å². The summed E-state index contributed by atoms with van der Waals surface area (Å²) in [7, 11) is 3.10. The Bertz CT molecular complexity index is 762. The molecule has 6 heteroatoms. The molecule has 2 aromatic carbocycles. The Labute approximate surface area is 146 Å². The molecule has 0 aliphatic carbocycles. The van der Waals surface area contributed by atoms with Crippen molar-refractivity contribution in [3.05, 3.63) is 59.4 Å². The maximum absolute atomic E-state index is 13.9. The summed E-state index contributed by atoms with van der Waals surface area (Å²) in [6.45, 7) is 1.47. The third-order valence-electron chi connectivity index (χ3n) is 4.34. The van der Waals surface area contributed by atoms with Crippen LogP contribution in [0.1, 0.15) is 23.6 Å². The number of benzene rings is 2. The second kappa shape index (κ2) is 7.42. The van der Waals surface area contributed by atoms with Gasteiger partial charge in [-0.05, 0) is 42.3 Å². The Kier molecular flexibility index (Phi) is 5.07. The highest BCUT2D eigenvalue weighted by molar-refractivity contribution is 5.76. The monoisotopic (exact) mass is 344 g/mol. The number of carbonyl (C=O) groups is 1.